The van der Waals surface area contributed by atoms with Crippen LogP contribution >= 0.6 is 0 Å². The van der Waals surface area contributed by atoms with Crippen molar-refractivity contribution < 1.29 is 8.83 Å². The second kappa shape index (κ2) is 11.7. The van der Waals surface area contributed by atoms with Crippen LogP contribution in [-0.4, -0.2) is 29.1 Å². The van der Waals surface area contributed by atoms with Gasteiger partial charge in [0.1, 0.15) is 22.3 Å². The number of nitrogens with zero attached hydrogens (tertiary/aromatic N) is 6. The van der Waals surface area contributed by atoms with Gasteiger partial charge in [-0.2, -0.15) is 0 Å². The highest BCUT2D eigenvalue weighted by Crippen LogP contribution is 2.45. The molecule has 8 heteroatoms. The second-order valence-corrected chi connectivity index (χ2v) is 14.7. The van der Waals surface area contributed by atoms with E-state index < -0.39 is 0 Å². The Balaban J connectivity index is 1.05. The van der Waals surface area contributed by atoms with E-state index in [4.69, 9.17) is 13.8 Å². The highest BCUT2D eigenvalue weighted by molar-refractivity contribution is 6.16. The van der Waals surface area contributed by atoms with Gasteiger partial charge in [0.2, 0.25) is 0 Å². The lowest BCUT2D eigenvalue weighted by Crippen LogP contribution is -1.96. The molecule has 0 saturated carbocycles. The van der Waals surface area contributed by atoms with Crippen LogP contribution in [0.1, 0.15) is 0 Å². The SMILES string of the molecule is c1ccc(-c2cc(-n3c4ccncc4c4cnccc43)cc3c2oc2ccccc23)c(-c2cccc3c2oc2ccc(-n4c5ccncc5c5ncccc54)cc23)c1. The van der Waals surface area contributed by atoms with Crippen LogP contribution in [0.2, 0.25) is 0 Å². The maximum Gasteiger partial charge on any atom is 0.143 e. The van der Waals surface area contributed by atoms with Gasteiger partial charge in [0, 0.05) is 104 Å². The Labute approximate surface area is 328 Å². The molecule has 0 saturated heterocycles. The van der Waals surface area contributed by atoms with Gasteiger partial charge in [-0.25, -0.2) is 0 Å². The molecule has 8 heterocycles. The van der Waals surface area contributed by atoms with Crippen molar-refractivity contribution in [3.63, 3.8) is 0 Å². The van der Waals surface area contributed by atoms with Crippen LogP contribution in [0.5, 0.6) is 0 Å². The number of rotatable bonds is 4. The van der Waals surface area contributed by atoms with Crippen LogP contribution in [-0.2, 0) is 0 Å². The molecule has 0 unspecified atom stereocenters. The molecule has 0 aliphatic carbocycles. The van der Waals surface area contributed by atoms with Gasteiger partial charge >= 0.3 is 0 Å². The standard InChI is InChI=1S/C50H28N6O2/c1-2-8-32(37-24-30(25-38-33-9-3-4-13-46(33)57-50(37)38)56-42-16-20-51-26-39(42)40-27-52-21-17-43(40)56)31(7-1)34-10-5-11-35-36-23-29(14-15-47(36)58-49(34)35)55-44-18-22-53-28-41(44)48-45(55)12-6-19-54-48/h1-28H. The summed E-state index contributed by atoms with van der Waals surface area (Å²) in [6.07, 6.45) is 13.1. The molecule has 8 nitrogen and oxygen atoms in total. The molecule has 0 fully saturated rings. The van der Waals surface area contributed by atoms with Crippen LogP contribution in [0.3, 0.4) is 0 Å². The van der Waals surface area contributed by atoms with Crippen molar-refractivity contribution in [3.8, 4) is 33.6 Å². The van der Waals surface area contributed by atoms with Gasteiger partial charge in [0.15, 0.2) is 0 Å². The number of aromatic nitrogens is 6. The van der Waals surface area contributed by atoms with Crippen molar-refractivity contribution in [1.29, 1.82) is 0 Å². The van der Waals surface area contributed by atoms with Crippen LogP contribution in [0.4, 0.5) is 0 Å². The molecule has 0 amide bonds. The molecule has 13 aromatic rings. The van der Waals surface area contributed by atoms with Crippen molar-refractivity contribution >= 4 is 87.6 Å². The summed E-state index contributed by atoms with van der Waals surface area (Å²) >= 11 is 0. The minimum absolute atomic E-state index is 0.821. The summed E-state index contributed by atoms with van der Waals surface area (Å²) in [5.41, 5.74) is 14.6. The topological polar surface area (TPSA) is 87.7 Å². The second-order valence-electron chi connectivity index (χ2n) is 14.7. The van der Waals surface area contributed by atoms with E-state index in [0.29, 0.717) is 0 Å². The van der Waals surface area contributed by atoms with Crippen molar-refractivity contribution in [2.45, 2.75) is 0 Å². The van der Waals surface area contributed by atoms with Crippen LogP contribution in [0, 0.1) is 0 Å². The van der Waals surface area contributed by atoms with Gasteiger partial charge in [0.25, 0.3) is 0 Å². The first-order valence-corrected chi connectivity index (χ1v) is 19.2. The third-order valence-electron chi connectivity index (χ3n) is 11.7. The summed E-state index contributed by atoms with van der Waals surface area (Å²) in [4.78, 5) is 18.1. The fourth-order valence-corrected chi connectivity index (χ4v) is 9.18. The van der Waals surface area contributed by atoms with E-state index in [1.54, 1.807) is 0 Å². The fourth-order valence-electron chi connectivity index (χ4n) is 9.18. The predicted octanol–water partition coefficient (Wildman–Crippen LogP) is 12.6. The predicted molar refractivity (Wildman–Crippen MR) is 232 cm³/mol. The monoisotopic (exact) mass is 744 g/mol. The molecule has 0 N–H and O–H groups in total. The number of hydrogen-bond acceptors (Lipinski definition) is 6. The molecule has 58 heavy (non-hydrogen) atoms. The summed E-state index contributed by atoms with van der Waals surface area (Å²) in [5.74, 6) is 0. The zero-order chi connectivity index (χ0) is 37.9. The lowest BCUT2D eigenvalue weighted by molar-refractivity contribution is 0.669. The molecule has 270 valence electrons. The molecule has 0 atom stereocenters. The number of benzene rings is 5. The van der Waals surface area contributed by atoms with Crippen LogP contribution in [0.25, 0.3) is 121 Å². The molecule has 0 radical (unpaired) electrons. The van der Waals surface area contributed by atoms with Gasteiger partial charge in [-0.1, -0.05) is 60.7 Å². The summed E-state index contributed by atoms with van der Waals surface area (Å²) in [5, 5.41) is 7.31. The highest BCUT2D eigenvalue weighted by atomic mass is 16.3. The molecule has 5 aromatic carbocycles. The van der Waals surface area contributed by atoms with Gasteiger partial charge in [-0.3, -0.25) is 19.9 Å². The Kier molecular flexibility index (Phi) is 6.29. The number of fused-ring (bicyclic) bond motifs is 12. The highest BCUT2D eigenvalue weighted by Gasteiger charge is 2.22. The Morgan fingerprint density at radius 1 is 0.362 bits per heavy atom. The molecule has 8 aromatic heterocycles. The van der Waals surface area contributed by atoms with Gasteiger partial charge in [0.05, 0.1) is 27.6 Å². The largest absolute Gasteiger partial charge is 0.455 e. The van der Waals surface area contributed by atoms with Gasteiger partial charge < -0.3 is 18.0 Å². The lowest BCUT2D eigenvalue weighted by Gasteiger charge is -2.14. The molecular formula is C50H28N6O2. The average molecular weight is 745 g/mol. The average Bonchev–Trinajstić information content (AvgIpc) is 4.04. The molecular weight excluding hydrogens is 717 g/mol. The summed E-state index contributed by atoms with van der Waals surface area (Å²) in [6, 6.07) is 44.5. The minimum atomic E-state index is 0.821. The van der Waals surface area contributed by atoms with Crippen LogP contribution < -0.4 is 0 Å². The third kappa shape index (κ3) is 4.28. The lowest BCUT2D eigenvalue weighted by atomic mass is 9.92. The smallest absolute Gasteiger partial charge is 0.143 e. The maximum absolute atomic E-state index is 6.82. The Bertz CT molecular complexity index is 3720. The first-order chi connectivity index (χ1) is 28.8. The Morgan fingerprint density at radius 2 is 0.966 bits per heavy atom. The van der Waals surface area contributed by atoms with E-state index in [2.05, 4.69) is 127 Å². The van der Waals surface area contributed by atoms with E-state index in [9.17, 15) is 0 Å². The zero-order valence-corrected chi connectivity index (χ0v) is 30.7. The molecule has 0 aliphatic rings. The van der Waals surface area contributed by atoms with Crippen LogP contribution in [0.15, 0.2) is 180 Å². The van der Waals surface area contributed by atoms with Crippen molar-refractivity contribution in [2.75, 3.05) is 0 Å². The molecule has 0 aliphatic heterocycles. The van der Waals surface area contributed by atoms with Crippen molar-refractivity contribution in [2.24, 2.45) is 0 Å². The molecule has 0 bridgehead atoms. The van der Waals surface area contributed by atoms with Crippen molar-refractivity contribution in [3.05, 3.63) is 171 Å². The number of para-hydroxylation sites is 2. The maximum atomic E-state index is 6.82. The Morgan fingerprint density at radius 3 is 1.76 bits per heavy atom. The number of hydrogen-bond donors (Lipinski definition) is 0. The Hall–Kier alpha value is -8.10. The molecule has 0 spiro atoms. The zero-order valence-electron chi connectivity index (χ0n) is 30.7. The minimum Gasteiger partial charge on any atom is -0.455 e. The normalized spacial score (nSPS) is 12.1. The molecule has 13 rings (SSSR count). The quantitative estimate of drug-likeness (QED) is 0.178. The first-order valence-electron chi connectivity index (χ1n) is 19.2. The van der Waals surface area contributed by atoms with E-state index in [0.717, 1.165) is 121 Å². The van der Waals surface area contributed by atoms with E-state index in [1.165, 1.54) is 0 Å². The fraction of sp³-hybridized carbons (Fsp3) is 0. The third-order valence-corrected chi connectivity index (χ3v) is 11.7. The number of pyridine rings is 4. The van der Waals surface area contributed by atoms with E-state index >= 15 is 0 Å². The van der Waals surface area contributed by atoms with Gasteiger partial charge in [-0.15, -0.1) is 0 Å². The van der Waals surface area contributed by atoms with E-state index in [1.807, 2.05) is 67.6 Å². The summed E-state index contributed by atoms with van der Waals surface area (Å²) in [6.45, 7) is 0. The van der Waals surface area contributed by atoms with Gasteiger partial charge in [-0.05, 0) is 77.9 Å². The van der Waals surface area contributed by atoms with Crippen molar-refractivity contribution in [1.82, 2.24) is 29.1 Å². The van der Waals surface area contributed by atoms with E-state index in [-0.39, 0.29) is 0 Å². The number of furan rings is 2. The first kappa shape index (κ1) is 31.1. The summed E-state index contributed by atoms with van der Waals surface area (Å²) < 4.78 is 18.1. The summed E-state index contributed by atoms with van der Waals surface area (Å²) in [7, 11) is 0.